The minimum Gasteiger partial charge on any atom is -0.481 e. The van der Waals surface area contributed by atoms with E-state index in [2.05, 4.69) is 16.0 Å². The highest BCUT2D eigenvalue weighted by atomic mass is 16.4. The maximum atomic E-state index is 12.2. The summed E-state index contributed by atoms with van der Waals surface area (Å²) in [4.78, 5) is 80.6. The molecular weight excluding hydrogens is 420 g/mol. The summed E-state index contributed by atoms with van der Waals surface area (Å²) in [7, 11) is 0. The molecule has 5 amide bonds. The largest absolute Gasteiger partial charge is 0.481 e. The van der Waals surface area contributed by atoms with Gasteiger partial charge in [0, 0.05) is 0 Å². The molecule has 0 aliphatic heterocycles. The maximum absolute atomic E-state index is 12.2. The first-order valence-corrected chi connectivity index (χ1v) is 8.91. The average Bonchev–Trinajstić information content (AvgIpc) is 2.65. The molecule has 0 unspecified atom stereocenters. The third kappa shape index (κ3) is 10.6. The highest BCUT2D eigenvalue weighted by Gasteiger charge is 2.29. The molecule has 0 aromatic rings. The van der Waals surface area contributed by atoms with Gasteiger partial charge >= 0.3 is 11.9 Å². The van der Waals surface area contributed by atoms with Crippen molar-refractivity contribution < 1.29 is 43.8 Å². The summed E-state index contributed by atoms with van der Waals surface area (Å²) in [6.07, 6.45) is -1.42. The number of aliphatic carboxylic acids is 2. The van der Waals surface area contributed by atoms with Crippen molar-refractivity contribution in [1.29, 1.82) is 0 Å². The normalized spacial score (nSPS) is 14.2. The molecule has 0 radical (unpaired) electrons. The maximum Gasteiger partial charge on any atom is 0.326 e. The number of nitrogens with two attached hydrogens (primary N) is 2. The van der Waals surface area contributed by atoms with Crippen LogP contribution in [0.15, 0.2) is 0 Å². The monoisotopic (exact) mass is 446 g/mol. The van der Waals surface area contributed by atoms with Gasteiger partial charge in [-0.2, -0.15) is 0 Å². The lowest BCUT2D eigenvalue weighted by Gasteiger charge is -2.22. The van der Waals surface area contributed by atoms with E-state index in [4.69, 9.17) is 21.7 Å². The molecule has 0 aromatic heterocycles. The van der Waals surface area contributed by atoms with Gasteiger partial charge in [-0.15, -0.1) is 0 Å². The highest BCUT2D eigenvalue weighted by Crippen LogP contribution is 1.97. The second-order valence-corrected chi connectivity index (χ2v) is 6.45. The van der Waals surface area contributed by atoms with Crippen molar-refractivity contribution >= 4 is 41.5 Å². The fourth-order valence-corrected chi connectivity index (χ4v) is 2.12. The minimum absolute atomic E-state index is 0.454. The average molecular weight is 446 g/mol. The van der Waals surface area contributed by atoms with Gasteiger partial charge in [0.15, 0.2) is 0 Å². The number of hydrogen-bond donors (Lipinski definition) is 8. The van der Waals surface area contributed by atoms with Gasteiger partial charge in [0.1, 0.15) is 24.2 Å². The zero-order chi connectivity index (χ0) is 24.3. The standard InChI is InChI=1S/C16H26N6O9/c1-6(20-15(29)8(3-10(18)23)21-11(24)5-17)13(27)19-7(2)14(28)22-9(16(30)31)4-12(25)26/h6-9H,3-5,17H2,1-2H3,(H2,18,23)(H,19,27)(H,20,29)(H,21,24)(H,22,28)(H,25,26)(H,30,31)/t6-,7-,8-,9-/m0/s1. The molecule has 15 nitrogen and oxygen atoms in total. The van der Waals surface area contributed by atoms with Crippen LogP contribution in [0.2, 0.25) is 0 Å². The van der Waals surface area contributed by atoms with Crippen LogP contribution in [0.25, 0.3) is 0 Å². The first-order valence-electron chi connectivity index (χ1n) is 8.91. The van der Waals surface area contributed by atoms with E-state index in [9.17, 15) is 33.6 Å². The van der Waals surface area contributed by atoms with Crippen LogP contribution < -0.4 is 32.7 Å². The van der Waals surface area contributed by atoms with Gasteiger partial charge in [-0.05, 0) is 13.8 Å². The predicted molar refractivity (Wildman–Crippen MR) is 102 cm³/mol. The molecule has 15 heteroatoms. The lowest BCUT2D eigenvalue weighted by Crippen LogP contribution is -2.57. The lowest BCUT2D eigenvalue weighted by molar-refractivity contribution is -0.147. The summed E-state index contributed by atoms with van der Waals surface area (Å²) < 4.78 is 0. The van der Waals surface area contributed by atoms with Crippen molar-refractivity contribution in [2.24, 2.45) is 11.5 Å². The second-order valence-electron chi connectivity index (χ2n) is 6.45. The van der Waals surface area contributed by atoms with Crippen LogP contribution in [0.1, 0.15) is 26.7 Å². The Hall–Kier alpha value is -3.75. The predicted octanol–water partition coefficient (Wildman–Crippen LogP) is -4.64. The van der Waals surface area contributed by atoms with Crippen molar-refractivity contribution in [2.45, 2.75) is 50.9 Å². The second kappa shape index (κ2) is 12.7. The fraction of sp³-hybridized carbons (Fsp3) is 0.562. The third-order valence-corrected chi connectivity index (χ3v) is 3.74. The zero-order valence-electron chi connectivity index (χ0n) is 16.8. The Labute approximate surface area is 176 Å². The Morgan fingerprint density at radius 2 is 1.23 bits per heavy atom. The molecule has 174 valence electrons. The Morgan fingerprint density at radius 1 is 0.742 bits per heavy atom. The van der Waals surface area contributed by atoms with E-state index >= 15 is 0 Å². The number of amides is 5. The number of rotatable bonds is 13. The molecular formula is C16H26N6O9. The molecule has 0 saturated carbocycles. The molecule has 0 heterocycles. The van der Waals surface area contributed by atoms with Crippen LogP contribution in [0.3, 0.4) is 0 Å². The lowest BCUT2D eigenvalue weighted by atomic mass is 10.1. The molecule has 0 rings (SSSR count). The smallest absolute Gasteiger partial charge is 0.326 e. The van der Waals surface area contributed by atoms with Crippen molar-refractivity contribution in [3.05, 3.63) is 0 Å². The molecule has 0 aliphatic rings. The van der Waals surface area contributed by atoms with Gasteiger partial charge in [0.05, 0.1) is 19.4 Å². The number of carbonyl (C=O) groups is 7. The summed E-state index contributed by atoms with van der Waals surface area (Å²) in [5.74, 6) is -7.39. The van der Waals surface area contributed by atoms with E-state index in [0.29, 0.717) is 0 Å². The first kappa shape index (κ1) is 27.2. The summed E-state index contributed by atoms with van der Waals surface area (Å²) in [5, 5.41) is 26.2. The van der Waals surface area contributed by atoms with Crippen LogP contribution in [0.4, 0.5) is 0 Å². The molecule has 0 saturated heterocycles. The molecule has 0 aliphatic carbocycles. The van der Waals surface area contributed by atoms with E-state index in [0.717, 1.165) is 0 Å². The van der Waals surface area contributed by atoms with Gasteiger partial charge < -0.3 is 42.9 Å². The molecule has 31 heavy (non-hydrogen) atoms. The van der Waals surface area contributed by atoms with Gasteiger partial charge in [-0.3, -0.25) is 28.8 Å². The Bertz CT molecular complexity index is 741. The van der Waals surface area contributed by atoms with Crippen molar-refractivity contribution in [1.82, 2.24) is 21.3 Å². The zero-order valence-corrected chi connectivity index (χ0v) is 16.8. The Balaban J connectivity index is 4.94. The summed E-state index contributed by atoms with van der Waals surface area (Å²) >= 11 is 0. The number of carboxylic acids is 2. The van der Waals surface area contributed by atoms with Gasteiger partial charge in [0.2, 0.25) is 29.5 Å². The van der Waals surface area contributed by atoms with Gasteiger partial charge in [-0.25, -0.2) is 4.79 Å². The SMILES string of the molecule is C[C@H](NC(=O)[C@H](C)NC(=O)[C@H](CC(N)=O)NC(=O)CN)C(=O)N[C@@H](CC(=O)O)C(=O)O. The molecule has 0 spiro atoms. The van der Waals surface area contributed by atoms with E-state index in [1.807, 2.05) is 5.32 Å². The van der Waals surface area contributed by atoms with E-state index in [1.54, 1.807) is 0 Å². The molecule has 0 fully saturated rings. The highest BCUT2D eigenvalue weighted by molar-refractivity contribution is 5.96. The Morgan fingerprint density at radius 3 is 1.65 bits per heavy atom. The van der Waals surface area contributed by atoms with E-state index in [-0.39, 0.29) is 0 Å². The van der Waals surface area contributed by atoms with E-state index in [1.165, 1.54) is 13.8 Å². The van der Waals surface area contributed by atoms with Crippen LogP contribution in [-0.2, 0) is 33.6 Å². The molecule has 0 aromatic carbocycles. The number of primary amides is 1. The van der Waals surface area contributed by atoms with Crippen molar-refractivity contribution in [2.75, 3.05) is 6.54 Å². The number of nitrogens with one attached hydrogen (secondary N) is 4. The summed E-state index contributed by atoms with van der Waals surface area (Å²) in [5.41, 5.74) is 10.2. The minimum atomic E-state index is -1.71. The van der Waals surface area contributed by atoms with Crippen molar-refractivity contribution in [3.8, 4) is 0 Å². The number of carboxylic acid groups (broad SMARTS) is 2. The number of hydrogen-bond acceptors (Lipinski definition) is 8. The third-order valence-electron chi connectivity index (χ3n) is 3.74. The van der Waals surface area contributed by atoms with Crippen molar-refractivity contribution in [3.63, 3.8) is 0 Å². The van der Waals surface area contributed by atoms with E-state index < -0.39 is 85.0 Å². The summed E-state index contributed by atoms with van der Waals surface area (Å²) in [6.45, 7) is 2.00. The first-order chi connectivity index (χ1) is 14.3. The van der Waals surface area contributed by atoms with Gasteiger partial charge in [-0.1, -0.05) is 0 Å². The summed E-state index contributed by atoms with van der Waals surface area (Å²) in [6, 6.07) is -5.60. The number of carbonyl (C=O) groups excluding carboxylic acids is 5. The van der Waals surface area contributed by atoms with Crippen LogP contribution >= 0.6 is 0 Å². The Kier molecular flexibility index (Phi) is 11.2. The van der Waals surface area contributed by atoms with Crippen LogP contribution in [0.5, 0.6) is 0 Å². The molecule has 0 bridgehead atoms. The van der Waals surface area contributed by atoms with Crippen LogP contribution in [-0.4, -0.2) is 82.4 Å². The fourth-order valence-electron chi connectivity index (χ4n) is 2.12. The van der Waals surface area contributed by atoms with Gasteiger partial charge in [0.25, 0.3) is 0 Å². The van der Waals surface area contributed by atoms with Crippen LogP contribution in [0, 0.1) is 0 Å². The molecule has 4 atom stereocenters. The quantitative estimate of drug-likeness (QED) is 0.134. The molecule has 10 N–H and O–H groups in total. The topological polar surface area (TPSA) is 260 Å².